The van der Waals surface area contributed by atoms with Crippen molar-refractivity contribution in [1.82, 2.24) is 15.1 Å². The molecule has 0 aliphatic carbocycles. The lowest BCUT2D eigenvalue weighted by atomic mass is 10.1. The number of nitrogens with one attached hydrogen (secondary N) is 2. The summed E-state index contributed by atoms with van der Waals surface area (Å²) in [5.41, 5.74) is 1.62. The molecule has 2 N–H and O–H groups in total. The number of hydrogen-bond donors (Lipinski definition) is 2. The molecule has 144 valence electrons. The molecule has 8 heteroatoms. The van der Waals surface area contributed by atoms with E-state index in [-0.39, 0.29) is 30.1 Å². The van der Waals surface area contributed by atoms with Gasteiger partial charge in [-0.1, -0.05) is 18.2 Å². The third-order valence-electron chi connectivity index (χ3n) is 4.04. The van der Waals surface area contributed by atoms with Crippen LogP contribution in [0.5, 0.6) is 5.88 Å². The molecule has 0 aliphatic heterocycles. The minimum absolute atomic E-state index is 0.0881. The van der Waals surface area contributed by atoms with Crippen LogP contribution in [0, 0.1) is 5.82 Å². The van der Waals surface area contributed by atoms with Gasteiger partial charge in [-0.2, -0.15) is 0 Å². The number of aromatic nitrogens is 2. The predicted octanol–water partition coefficient (Wildman–Crippen LogP) is 2.75. The summed E-state index contributed by atoms with van der Waals surface area (Å²) in [4.78, 5) is 24.6. The number of benzene rings is 2. The van der Waals surface area contributed by atoms with Crippen molar-refractivity contribution in [2.45, 2.75) is 6.54 Å². The average Bonchev–Trinajstić information content (AvgIpc) is 3.08. The Kier molecular flexibility index (Phi) is 5.69. The van der Waals surface area contributed by atoms with E-state index in [1.807, 2.05) is 0 Å². The largest absolute Gasteiger partial charge is 0.479 e. The third kappa shape index (κ3) is 4.35. The van der Waals surface area contributed by atoms with Crippen LogP contribution < -0.4 is 15.4 Å². The molecule has 2 aromatic carbocycles. The number of methoxy groups -OCH3 is 1. The lowest BCUT2D eigenvalue weighted by Gasteiger charge is -2.08. The molecule has 1 heterocycles. The number of rotatable bonds is 6. The number of amides is 2. The minimum atomic E-state index is -0.373. The van der Waals surface area contributed by atoms with Gasteiger partial charge in [-0.15, -0.1) is 5.10 Å². The zero-order valence-electron chi connectivity index (χ0n) is 15.4. The average molecular weight is 382 g/mol. The fourth-order valence-corrected chi connectivity index (χ4v) is 2.60. The summed E-state index contributed by atoms with van der Waals surface area (Å²) in [6, 6.07) is 12.6. The molecule has 0 bridgehead atoms. The molecule has 0 spiro atoms. The molecule has 7 nitrogen and oxygen atoms in total. The van der Waals surface area contributed by atoms with Gasteiger partial charge in [-0.25, -0.2) is 4.39 Å². The van der Waals surface area contributed by atoms with Gasteiger partial charge in [0.1, 0.15) is 11.4 Å². The fourth-order valence-electron chi connectivity index (χ4n) is 2.60. The second-order valence-corrected chi connectivity index (χ2v) is 6.03. The Morgan fingerprint density at radius 3 is 2.50 bits per heavy atom. The summed E-state index contributed by atoms with van der Waals surface area (Å²) < 4.78 is 20.2. The number of anilines is 1. The van der Waals surface area contributed by atoms with E-state index in [9.17, 15) is 14.0 Å². The number of nitrogens with zero attached hydrogens (tertiary/aromatic N) is 2. The highest BCUT2D eigenvalue weighted by molar-refractivity contribution is 6.06. The maximum Gasteiger partial charge on any atom is 0.262 e. The molecule has 0 saturated heterocycles. The smallest absolute Gasteiger partial charge is 0.262 e. The van der Waals surface area contributed by atoms with Gasteiger partial charge in [-0.3, -0.25) is 14.3 Å². The van der Waals surface area contributed by atoms with Crippen molar-refractivity contribution in [1.29, 1.82) is 0 Å². The molecular weight excluding hydrogens is 363 g/mol. The Morgan fingerprint density at radius 2 is 1.82 bits per heavy atom. The molecule has 0 aliphatic rings. The van der Waals surface area contributed by atoms with Crippen LogP contribution in [0.2, 0.25) is 0 Å². The second-order valence-electron chi connectivity index (χ2n) is 6.03. The van der Waals surface area contributed by atoms with E-state index < -0.39 is 0 Å². The van der Waals surface area contributed by atoms with Crippen molar-refractivity contribution in [2.24, 2.45) is 7.05 Å². The first kappa shape index (κ1) is 19.1. The molecule has 0 radical (unpaired) electrons. The highest BCUT2D eigenvalue weighted by Crippen LogP contribution is 2.18. The molecule has 28 heavy (non-hydrogen) atoms. The van der Waals surface area contributed by atoms with Gasteiger partial charge in [0.2, 0.25) is 5.88 Å². The first-order chi connectivity index (χ1) is 13.5. The van der Waals surface area contributed by atoms with Crippen molar-refractivity contribution >= 4 is 17.5 Å². The van der Waals surface area contributed by atoms with Crippen LogP contribution in [0.25, 0.3) is 0 Å². The Bertz CT molecular complexity index is 999. The number of halogens is 1. The summed E-state index contributed by atoms with van der Waals surface area (Å²) in [5, 5.41) is 9.43. The SMILES string of the molecule is COc1nn(C)cc1C(=O)Nc1ccc(C(=O)NCc2ccccc2F)cc1. The number of ether oxygens (including phenoxy) is 1. The van der Waals surface area contributed by atoms with Crippen LogP contribution in [-0.2, 0) is 13.6 Å². The number of carbonyl (C=O) groups excluding carboxylic acids is 2. The molecule has 0 fully saturated rings. The molecule has 0 saturated carbocycles. The van der Waals surface area contributed by atoms with Crippen LogP contribution >= 0.6 is 0 Å². The van der Waals surface area contributed by atoms with Gasteiger partial charge in [-0.05, 0) is 30.3 Å². The third-order valence-corrected chi connectivity index (χ3v) is 4.04. The summed E-state index contributed by atoms with van der Waals surface area (Å²) in [6.45, 7) is 0.0881. The monoisotopic (exact) mass is 382 g/mol. The normalized spacial score (nSPS) is 10.4. The quantitative estimate of drug-likeness (QED) is 0.687. The van der Waals surface area contributed by atoms with E-state index in [0.717, 1.165) is 0 Å². The lowest BCUT2D eigenvalue weighted by Crippen LogP contribution is -2.23. The highest BCUT2D eigenvalue weighted by atomic mass is 19.1. The second kappa shape index (κ2) is 8.34. The van der Waals surface area contributed by atoms with Crippen LogP contribution in [0.3, 0.4) is 0 Å². The maximum atomic E-state index is 13.6. The van der Waals surface area contributed by atoms with Crippen molar-refractivity contribution in [3.8, 4) is 5.88 Å². The van der Waals surface area contributed by atoms with E-state index in [2.05, 4.69) is 15.7 Å². The maximum absolute atomic E-state index is 13.6. The zero-order valence-corrected chi connectivity index (χ0v) is 15.4. The Hall–Kier alpha value is -3.68. The summed E-state index contributed by atoms with van der Waals surface area (Å²) in [5.74, 6) is -0.854. The molecule has 2 amide bonds. The van der Waals surface area contributed by atoms with Gasteiger partial charge in [0.25, 0.3) is 11.8 Å². The fraction of sp³-hybridized carbons (Fsp3) is 0.150. The van der Waals surface area contributed by atoms with Gasteiger partial charge in [0.05, 0.1) is 7.11 Å². The number of carbonyl (C=O) groups is 2. The van der Waals surface area contributed by atoms with Crippen molar-refractivity contribution in [3.63, 3.8) is 0 Å². The summed E-state index contributed by atoms with van der Waals surface area (Å²) in [6.07, 6.45) is 1.55. The van der Waals surface area contributed by atoms with Gasteiger partial charge >= 0.3 is 0 Å². The first-order valence-electron chi connectivity index (χ1n) is 8.48. The van der Waals surface area contributed by atoms with Crippen molar-refractivity contribution in [2.75, 3.05) is 12.4 Å². The summed E-state index contributed by atoms with van der Waals surface area (Å²) in [7, 11) is 3.13. The first-order valence-corrected chi connectivity index (χ1v) is 8.48. The molecule has 3 aromatic rings. The molecule has 1 aromatic heterocycles. The molecule has 0 unspecified atom stereocenters. The lowest BCUT2D eigenvalue weighted by molar-refractivity contribution is 0.0950. The van der Waals surface area contributed by atoms with Crippen molar-refractivity contribution in [3.05, 3.63) is 77.2 Å². The van der Waals surface area contributed by atoms with E-state index in [1.54, 1.807) is 55.7 Å². The van der Waals surface area contributed by atoms with E-state index >= 15 is 0 Å². The van der Waals surface area contributed by atoms with E-state index in [1.165, 1.54) is 17.9 Å². The van der Waals surface area contributed by atoms with Crippen molar-refractivity contribution < 1.29 is 18.7 Å². The van der Waals surface area contributed by atoms with Gasteiger partial charge in [0.15, 0.2) is 0 Å². The predicted molar refractivity (Wildman–Crippen MR) is 102 cm³/mol. The van der Waals surface area contributed by atoms with Crippen LogP contribution in [0.15, 0.2) is 54.7 Å². The standard InChI is InChI=1S/C20H19FN4O3/c1-25-12-16(20(24-25)28-2)19(27)23-15-9-7-13(8-10-15)18(26)22-11-14-5-3-4-6-17(14)21/h3-10,12H,11H2,1-2H3,(H,22,26)(H,23,27). The van der Waals surface area contributed by atoms with Crippen LogP contribution in [0.4, 0.5) is 10.1 Å². The Labute approximate surface area is 161 Å². The van der Waals surface area contributed by atoms with Crippen LogP contribution in [-0.4, -0.2) is 28.7 Å². The van der Waals surface area contributed by atoms with Gasteiger partial charge < -0.3 is 15.4 Å². The number of aryl methyl sites for hydroxylation is 1. The Balaban J connectivity index is 1.62. The Morgan fingerprint density at radius 1 is 1.11 bits per heavy atom. The topological polar surface area (TPSA) is 85.2 Å². The summed E-state index contributed by atoms with van der Waals surface area (Å²) >= 11 is 0. The highest BCUT2D eigenvalue weighted by Gasteiger charge is 2.16. The van der Waals surface area contributed by atoms with Gasteiger partial charge in [0, 0.05) is 36.6 Å². The molecule has 3 rings (SSSR count). The minimum Gasteiger partial charge on any atom is -0.479 e. The van der Waals surface area contributed by atoms with E-state index in [4.69, 9.17) is 4.74 Å². The zero-order chi connectivity index (χ0) is 20.1. The number of hydrogen-bond acceptors (Lipinski definition) is 4. The van der Waals surface area contributed by atoms with E-state index in [0.29, 0.717) is 22.4 Å². The molecular formula is C20H19FN4O3. The molecule has 0 atom stereocenters. The van der Waals surface area contributed by atoms with Crippen LogP contribution in [0.1, 0.15) is 26.3 Å².